The normalized spacial score (nSPS) is 23.5. The van der Waals surface area contributed by atoms with E-state index in [-0.39, 0.29) is 5.41 Å². The van der Waals surface area contributed by atoms with E-state index in [9.17, 15) is 0 Å². The summed E-state index contributed by atoms with van der Waals surface area (Å²) >= 11 is 0. The van der Waals surface area contributed by atoms with Crippen molar-refractivity contribution in [3.63, 3.8) is 0 Å². The summed E-state index contributed by atoms with van der Waals surface area (Å²) in [5.41, 5.74) is 3.26. The zero-order chi connectivity index (χ0) is 14.8. The summed E-state index contributed by atoms with van der Waals surface area (Å²) in [5.74, 6) is 0. The number of rotatable bonds is 6. The molecule has 1 fully saturated rings. The first-order valence-electron chi connectivity index (χ1n) is 8.09. The molecule has 1 aliphatic carbocycles. The second-order valence-corrected chi connectivity index (χ2v) is 8.38. The fourth-order valence-corrected chi connectivity index (χ4v) is 5.76. The van der Waals surface area contributed by atoms with E-state index in [0.29, 0.717) is 5.16 Å². The lowest BCUT2D eigenvalue weighted by atomic mass is 9.86. The topological polar surface area (TPSA) is 0 Å². The minimum Gasteiger partial charge on any atom is -0.115 e. The second kappa shape index (κ2) is 5.93. The number of benzene rings is 2. The van der Waals surface area contributed by atoms with Crippen LogP contribution < -0.4 is 0 Å². The van der Waals surface area contributed by atoms with Crippen molar-refractivity contribution >= 4 is 8.58 Å². The molecule has 2 atom stereocenters. The number of hydrogen-bond donors (Lipinski definition) is 0. The third kappa shape index (κ3) is 2.55. The van der Waals surface area contributed by atoms with Gasteiger partial charge in [-0.05, 0) is 35.3 Å². The van der Waals surface area contributed by atoms with E-state index in [4.69, 9.17) is 0 Å². The number of hydrogen-bond acceptors (Lipinski definition) is 0. The molecule has 110 valence electrons. The molecule has 3 rings (SSSR count). The molecule has 0 spiro atoms. The highest BCUT2D eigenvalue weighted by atomic mass is 31.1. The molecule has 0 saturated heterocycles. The first-order chi connectivity index (χ1) is 10.2. The van der Waals surface area contributed by atoms with Crippen LogP contribution in [0, 0.1) is 0 Å². The Hall–Kier alpha value is -1.13. The lowest BCUT2D eigenvalue weighted by molar-refractivity contribution is 0.772. The van der Waals surface area contributed by atoms with Gasteiger partial charge in [-0.2, -0.15) is 0 Å². The maximum Gasteiger partial charge on any atom is 0.0302 e. The molecule has 0 aromatic heterocycles. The molecule has 0 radical (unpaired) electrons. The van der Waals surface area contributed by atoms with Crippen LogP contribution in [0.2, 0.25) is 0 Å². The molecule has 0 nitrogen and oxygen atoms in total. The molecule has 0 bridgehead atoms. The van der Waals surface area contributed by atoms with Crippen molar-refractivity contribution in [1.29, 1.82) is 0 Å². The van der Waals surface area contributed by atoms with Crippen molar-refractivity contribution in [2.75, 3.05) is 6.16 Å². The van der Waals surface area contributed by atoms with Gasteiger partial charge in [0.25, 0.3) is 0 Å². The van der Waals surface area contributed by atoms with E-state index in [2.05, 4.69) is 74.5 Å². The van der Waals surface area contributed by atoms with E-state index in [1.165, 1.54) is 36.6 Å². The van der Waals surface area contributed by atoms with E-state index in [1.807, 2.05) is 0 Å². The molecule has 1 aliphatic rings. The molecule has 1 saturated carbocycles. The van der Waals surface area contributed by atoms with Crippen LogP contribution in [-0.2, 0) is 5.41 Å². The maximum absolute atomic E-state index is 2.50. The Bertz CT molecular complexity index is 536. The zero-order valence-corrected chi connectivity index (χ0v) is 14.1. The Balaban J connectivity index is 1.96. The van der Waals surface area contributed by atoms with Gasteiger partial charge in [0.05, 0.1) is 0 Å². The van der Waals surface area contributed by atoms with E-state index >= 15 is 0 Å². The fraction of sp³-hybridized carbons (Fsp3) is 0.400. The first kappa shape index (κ1) is 14.8. The predicted octanol–water partition coefficient (Wildman–Crippen LogP) is 5.61. The van der Waals surface area contributed by atoms with Gasteiger partial charge >= 0.3 is 0 Å². The Morgan fingerprint density at radius 2 is 1.43 bits per heavy atom. The maximum atomic E-state index is 2.50. The standard InChI is InChI=1S/C20H25P/c1-3-4-15-21-19(2)16-20(19,17-11-7-5-8-12-17)18-13-9-6-10-14-18/h5-14,21H,3-4,15-16H2,1-2H3. The van der Waals surface area contributed by atoms with Gasteiger partial charge in [0.2, 0.25) is 0 Å². The second-order valence-electron chi connectivity index (χ2n) is 6.43. The van der Waals surface area contributed by atoms with Gasteiger partial charge < -0.3 is 0 Å². The van der Waals surface area contributed by atoms with Gasteiger partial charge in [-0.15, -0.1) is 8.58 Å². The van der Waals surface area contributed by atoms with Crippen molar-refractivity contribution in [3.8, 4) is 0 Å². The summed E-state index contributed by atoms with van der Waals surface area (Å²) < 4.78 is 0. The molecule has 0 heterocycles. The highest BCUT2D eigenvalue weighted by molar-refractivity contribution is 7.40. The van der Waals surface area contributed by atoms with Gasteiger partial charge in [0.15, 0.2) is 0 Å². The van der Waals surface area contributed by atoms with E-state index in [0.717, 1.165) is 8.58 Å². The minimum atomic E-state index is 0.252. The Labute approximate surface area is 130 Å². The average molecular weight is 296 g/mol. The van der Waals surface area contributed by atoms with Gasteiger partial charge in [-0.25, -0.2) is 0 Å². The van der Waals surface area contributed by atoms with Crippen molar-refractivity contribution in [1.82, 2.24) is 0 Å². The summed E-state index contributed by atoms with van der Waals surface area (Å²) in [6.45, 7) is 4.79. The molecule has 21 heavy (non-hydrogen) atoms. The highest BCUT2D eigenvalue weighted by Crippen LogP contribution is 2.70. The van der Waals surface area contributed by atoms with Crippen LogP contribution in [0.1, 0.15) is 44.2 Å². The highest BCUT2D eigenvalue weighted by Gasteiger charge is 2.65. The van der Waals surface area contributed by atoms with Gasteiger partial charge in [-0.1, -0.05) is 80.9 Å². The Morgan fingerprint density at radius 1 is 0.905 bits per heavy atom. The zero-order valence-electron chi connectivity index (χ0n) is 13.1. The molecule has 0 aliphatic heterocycles. The third-order valence-electron chi connectivity index (χ3n) is 5.01. The van der Waals surface area contributed by atoms with Crippen molar-refractivity contribution in [2.24, 2.45) is 0 Å². The first-order valence-corrected chi connectivity index (χ1v) is 9.30. The lowest BCUT2D eigenvalue weighted by Crippen LogP contribution is -2.19. The fourth-order valence-electron chi connectivity index (χ4n) is 3.69. The molecule has 0 N–H and O–H groups in total. The van der Waals surface area contributed by atoms with Crippen LogP contribution in [0.4, 0.5) is 0 Å². The van der Waals surface area contributed by atoms with Crippen molar-refractivity contribution < 1.29 is 0 Å². The van der Waals surface area contributed by atoms with Gasteiger partial charge in [0.1, 0.15) is 0 Å². The lowest BCUT2D eigenvalue weighted by Gasteiger charge is -2.24. The average Bonchev–Trinajstić information content (AvgIpc) is 3.17. The molecule has 0 amide bonds. The van der Waals surface area contributed by atoms with Crippen molar-refractivity contribution in [2.45, 2.75) is 43.7 Å². The van der Waals surface area contributed by atoms with Crippen LogP contribution in [-0.4, -0.2) is 11.3 Å². The van der Waals surface area contributed by atoms with E-state index < -0.39 is 0 Å². The van der Waals surface area contributed by atoms with Crippen LogP contribution in [0.25, 0.3) is 0 Å². The molecule has 2 aromatic rings. The summed E-state index contributed by atoms with van der Waals surface area (Å²) in [6, 6.07) is 22.3. The predicted molar refractivity (Wildman–Crippen MR) is 94.8 cm³/mol. The number of unbranched alkanes of at least 4 members (excludes halogenated alkanes) is 1. The molecular weight excluding hydrogens is 271 g/mol. The quantitative estimate of drug-likeness (QED) is 0.480. The van der Waals surface area contributed by atoms with Crippen molar-refractivity contribution in [3.05, 3.63) is 71.8 Å². The summed E-state index contributed by atoms with van der Waals surface area (Å²) in [7, 11) is 1.06. The molecule has 2 unspecified atom stereocenters. The smallest absolute Gasteiger partial charge is 0.0302 e. The minimum absolute atomic E-state index is 0.252. The van der Waals surface area contributed by atoms with E-state index in [1.54, 1.807) is 0 Å². The summed E-state index contributed by atoms with van der Waals surface area (Å²) in [4.78, 5) is 0. The third-order valence-corrected chi connectivity index (χ3v) is 7.00. The molecule has 1 heteroatoms. The Kier molecular flexibility index (Phi) is 4.18. The largest absolute Gasteiger partial charge is 0.115 e. The van der Waals surface area contributed by atoms with Crippen LogP contribution in [0.15, 0.2) is 60.7 Å². The van der Waals surface area contributed by atoms with Gasteiger partial charge in [0, 0.05) is 5.41 Å². The Morgan fingerprint density at radius 3 is 1.90 bits per heavy atom. The monoisotopic (exact) mass is 296 g/mol. The van der Waals surface area contributed by atoms with Crippen LogP contribution >= 0.6 is 8.58 Å². The van der Waals surface area contributed by atoms with Crippen LogP contribution in [0.3, 0.4) is 0 Å². The SMILES string of the molecule is CCCCPC1(C)CC1(c1ccccc1)c1ccccc1. The molecule has 2 aromatic carbocycles. The van der Waals surface area contributed by atoms with Crippen LogP contribution in [0.5, 0.6) is 0 Å². The van der Waals surface area contributed by atoms with Gasteiger partial charge in [-0.3, -0.25) is 0 Å². The summed E-state index contributed by atoms with van der Waals surface area (Å²) in [6.07, 6.45) is 5.37. The summed E-state index contributed by atoms with van der Waals surface area (Å²) in [5, 5.41) is 0.449. The molecular formula is C20H25P.